The topological polar surface area (TPSA) is 73.1 Å². The van der Waals surface area contributed by atoms with Gasteiger partial charge in [0.05, 0.1) is 25.9 Å². The molecule has 1 aliphatic rings. The highest BCUT2D eigenvalue weighted by molar-refractivity contribution is 5.87. The summed E-state index contributed by atoms with van der Waals surface area (Å²) in [4.78, 5) is 22.0. The van der Waals surface area contributed by atoms with Crippen molar-refractivity contribution >= 4 is 11.9 Å². The van der Waals surface area contributed by atoms with E-state index >= 15 is 0 Å². The summed E-state index contributed by atoms with van der Waals surface area (Å²) in [6.45, 7) is 2.10. The fourth-order valence-corrected chi connectivity index (χ4v) is 2.10. The molecule has 0 aliphatic carbocycles. The highest BCUT2D eigenvalue weighted by Crippen LogP contribution is 2.17. The number of anilines is 1. The molecule has 0 spiro atoms. The molecule has 7 nitrogen and oxygen atoms in total. The zero-order valence-electron chi connectivity index (χ0n) is 10.5. The van der Waals surface area contributed by atoms with Crippen molar-refractivity contribution in [3.8, 4) is 0 Å². The van der Waals surface area contributed by atoms with E-state index in [1.807, 2.05) is 4.68 Å². The Balaban J connectivity index is 1.84. The third-order valence-corrected chi connectivity index (χ3v) is 3.03. The Morgan fingerprint density at radius 3 is 2.84 bits per heavy atom. The molecule has 0 N–H and O–H groups in total. The summed E-state index contributed by atoms with van der Waals surface area (Å²) in [7, 11) is 1.35. The second-order valence-electron chi connectivity index (χ2n) is 4.21. The van der Waals surface area contributed by atoms with Gasteiger partial charge in [0.25, 0.3) is 0 Å². The van der Waals surface area contributed by atoms with Crippen LogP contribution in [0.25, 0.3) is 0 Å². The normalized spacial score (nSPS) is 14.1. The van der Waals surface area contributed by atoms with Crippen molar-refractivity contribution in [1.29, 1.82) is 0 Å². The van der Waals surface area contributed by atoms with Gasteiger partial charge >= 0.3 is 5.97 Å². The number of carbonyl (C=O) groups is 1. The van der Waals surface area contributed by atoms with E-state index in [0.717, 1.165) is 12.2 Å². The van der Waals surface area contributed by atoms with E-state index in [2.05, 4.69) is 24.7 Å². The number of rotatable bonds is 2. The maximum absolute atomic E-state index is 11.4. The van der Waals surface area contributed by atoms with Gasteiger partial charge in [-0.3, -0.25) is 4.68 Å². The first kappa shape index (κ1) is 11.6. The smallest absolute Gasteiger partial charge is 0.358 e. The molecule has 0 atom stereocenters. The Hall–Kier alpha value is -2.44. The van der Waals surface area contributed by atoms with Crippen molar-refractivity contribution in [1.82, 2.24) is 19.7 Å². The summed E-state index contributed by atoms with van der Waals surface area (Å²) in [5, 5.41) is 4.22. The fraction of sp³-hybridized carbons (Fsp3) is 0.333. The molecule has 3 heterocycles. The number of ether oxygens (including phenoxy) is 1. The molecule has 0 radical (unpaired) electrons. The van der Waals surface area contributed by atoms with Gasteiger partial charge in [0.15, 0.2) is 5.69 Å². The molecule has 0 aromatic carbocycles. The Morgan fingerprint density at radius 2 is 2.11 bits per heavy atom. The number of esters is 1. The van der Waals surface area contributed by atoms with Crippen molar-refractivity contribution in [3.05, 3.63) is 35.9 Å². The zero-order chi connectivity index (χ0) is 13.2. The largest absolute Gasteiger partial charge is 0.464 e. The SMILES string of the molecule is COC(=O)c1cc2n(n1)CCN(c1ncccn1)C2. The Morgan fingerprint density at radius 1 is 1.32 bits per heavy atom. The van der Waals surface area contributed by atoms with Crippen molar-refractivity contribution in [2.24, 2.45) is 0 Å². The maximum atomic E-state index is 11.4. The van der Waals surface area contributed by atoms with Gasteiger partial charge in [-0.1, -0.05) is 0 Å². The van der Waals surface area contributed by atoms with E-state index in [9.17, 15) is 4.79 Å². The number of nitrogens with zero attached hydrogens (tertiary/aromatic N) is 5. The van der Waals surface area contributed by atoms with Crippen LogP contribution >= 0.6 is 0 Å². The zero-order valence-corrected chi connectivity index (χ0v) is 10.5. The Labute approximate surface area is 109 Å². The minimum Gasteiger partial charge on any atom is -0.464 e. The molecule has 7 heteroatoms. The minimum atomic E-state index is -0.413. The van der Waals surface area contributed by atoms with E-state index in [1.165, 1.54) is 7.11 Å². The number of aromatic nitrogens is 4. The number of hydrogen-bond donors (Lipinski definition) is 0. The van der Waals surface area contributed by atoms with Crippen LogP contribution < -0.4 is 4.90 Å². The maximum Gasteiger partial charge on any atom is 0.358 e. The predicted octanol–water partition coefficient (Wildman–Crippen LogP) is 0.480. The van der Waals surface area contributed by atoms with Crippen molar-refractivity contribution < 1.29 is 9.53 Å². The van der Waals surface area contributed by atoms with Crippen LogP contribution in [-0.4, -0.2) is 39.4 Å². The molecule has 1 aliphatic heterocycles. The number of methoxy groups -OCH3 is 1. The summed E-state index contributed by atoms with van der Waals surface area (Å²) in [6, 6.07) is 3.54. The summed E-state index contributed by atoms with van der Waals surface area (Å²) in [5.74, 6) is 0.277. The van der Waals surface area contributed by atoms with E-state index < -0.39 is 5.97 Å². The van der Waals surface area contributed by atoms with Gasteiger partial charge in [-0.05, 0) is 12.1 Å². The van der Waals surface area contributed by atoms with Gasteiger partial charge in [-0.2, -0.15) is 5.10 Å². The van der Waals surface area contributed by atoms with Crippen LogP contribution in [0.15, 0.2) is 24.5 Å². The summed E-state index contributed by atoms with van der Waals surface area (Å²) >= 11 is 0. The highest BCUT2D eigenvalue weighted by Gasteiger charge is 2.22. The third kappa shape index (κ3) is 2.14. The van der Waals surface area contributed by atoms with Crippen LogP contribution in [0.4, 0.5) is 5.95 Å². The first-order chi connectivity index (χ1) is 9.28. The number of fused-ring (bicyclic) bond motifs is 1. The van der Waals surface area contributed by atoms with E-state index in [4.69, 9.17) is 0 Å². The van der Waals surface area contributed by atoms with Gasteiger partial charge in [0.2, 0.25) is 5.95 Å². The first-order valence-corrected chi connectivity index (χ1v) is 5.95. The molecule has 0 saturated carbocycles. The molecular formula is C12H13N5O2. The summed E-state index contributed by atoms with van der Waals surface area (Å²) < 4.78 is 6.50. The Kier molecular flexibility index (Phi) is 2.86. The second-order valence-corrected chi connectivity index (χ2v) is 4.21. The molecule has 0 amide bonds. The van der Waals surface area contributed by atoms with Gasteiger partial charge in [-0.15, -0.1) is 0 Å². The fourth-order valence-electron chi connectivity index (χ4n) is 2.10. The third-order valence-electron chi connectivity index (χ3n) is 3.03. The molecule has 98 valence electrons. The first-order valence-electron chi connectivity index (χ1n) is 5.95. The van der Waals surface area contributed by atoms with Gasteiger partial charge < -0.3 is 9.64 Å². The average Bonchev–Trinajstić information content (AvgIpc) is 2.90. The van der Waals surface area contributed by atoms with Gasteiger partial charge in [0.1, 0.15) is 0 Å². The lowest BCUT2D eigenvalue weighted by Gasteiger charge is -2.27. The number of carbonyl (C=O) groups excluding carboxylic acids is 1. The molecule has 0 fully saturated rings. The number of hydrogen-bond acceptors (Lipinski definition) is 6. The molecule has 0 saturated heterocycles. The monoisotopic (exact) mass is 259 g/mol. The molecule has 2 aromatic heterocycles. The van der Waals surface area contributed by atoms with Crippen LogP contribution in [0.5, 0.6) is 0 Å². The predicted molar refractivity (Wildman–Crippen MR) is 66.6 cm³/mol. The standard InChI is InChI=1S/C12H13N5O2/c1-19-11(18)10-7-9-8-16(5-6-17(9)15-10)12-13-3-2-4-14-12/h2-4,7H,5-6,8H2,1H3. The second kappa shape index (κ2) is 4.68. The van der Waals surface area contributed by atoms with E-state index in [1.54, 1.807) is 24.5 Å². The van der Waals surface area contributed by atoms with E-state index in [-0.39, 0.29) is 0 Å². The highest BCUT2D eigenvalue weighted by atomic mass is 16.5. The lowest BCUT2D eigenvalue weighted by Crippen LogP contribution is -2.34. The minimum absolute atomic E-state index is 0.341. The van der Waals surface area contributed by atoms with Gasteiger partial charge in [-0.25, -0.2) is 14.8 Å². The lowest BCUT2D eigenvalue weighted by atomic mass is 10.3. The molecule has 0 bridgehead atoms. The van der Waals surface area contributed by atoms with Crippen LogP contribution in [0.1, 0.15) is 16.2 Å². The van der Waals surface area contributed by atoms with Crippen molar-refractivity contribution in [3.63, 3.8) is 0 Å². The molecule has 3 rings (SSSR count). The van der Waals surface area contributed by atoms with Crippen LogP contribution in [0.3, 0.4) is 0 Å². The quantitative estimate of drug-likeness (QED) is 0.730. The van der Waals surface area contributed by atoms with Gasteiger partial charge in [0, 0.05) is 18.9 Å². The van der Waals surface area contributed by atoms with Crippen molar-refractivity contribution in [2.75, 3.05) is 18.6 Å². The molecule has 0 unspecified atom stereocenters. The van der Waals surface area contributed by atoms with Crippen LogP contribution in [-0.2, 0) is 17.8 Å². The van der Waals surface area contributed by atoms with Crippen LogP contribution in [0.2, 0.25) is 0 Å². The molecular weight excluding hydrogens is 246 g/mol. The summed E-state index contributed by atoms with van der Waals surface area (Å²) in [5.41, 5.74) is 1.30. The summed E-state index contributed by atoms with van der Waals surface area (Å²) in [6.07, 6.45) is 3.43. The van der Waals surface area contributed by atoms with Crippen molar-refractivity contribution in [2.45, 2.75) is 13.1 Å². The molecule has 2 aromatic rings. The Bertz CT molecular complexity index is 595. The van der Waals surface area contributed by atoms with E-state index in [0.29, 0.717) is 24.7 Å². The molecule has 19 heavy (non-hydrogen) atoms. The van der Waals surface area contributed by atoms with Crippen LogP contribution in [0, 0.1) is 0 Å². The lowest BCUT2D eigenvalue weighted by molar-refractivity contribution is 0.0593. The average molecular weight is 259 g/mol.